The highest BCUT2D eigenvalue weighted by Crippen LogP contribution is 2.29. The minimum atomic E-state index is -0.857. The second kappa shape index (κ2) is 2.76. The second-order valence-corrected chi connectivity index (χ2v) is 3.26. The van der Waals surface area contributed by atoms with Gasteiger partial charge in [0.05, 0.1) is 5.69 Å². The first-order valence-electron chi connectivity index (χ1n) is 4.29. The number of rotatable bonds is 0. The van der Waals surface area contributed by atoms with Crippen molar-refractivity contribution in [3.63, 3.8) is 0 Å². The van der Waals surface area contributed by atoms with Crippen LogP contribution in [0, 0.1) is 6.92 Å². The van der Waals surface area contributed by atoms with E-state index in [1.807, 2.05) is 25.1 Å². The first kappa shape index (κ1) is 8.10. The highest BCUT2D eigenvalue weighted by Gasteiger charge is 2.24. The van der Waals surface area contributed by atoms with Gasteiger partial charge in [-0.3, -0.25) is 4.90 Å². The lowest BCUT2D eigenvalue weighted by Crippen LogP contribution is -2.26. The van der Waals surface area contributed by atoms with Gasteiger partial charge in [0.15, 0.2) is 0 Å². The zero-order chi connectivity index (χ0) is 9.42. The minimum Gasteiger partial charge on any atom is -0.465 e. The van der Waals surface area contributed by atoms with Gasteiger partial charge in [-0.1, -0.05) is 12.1 Å². The Hall–Kier alpha value is -1.51. The van der Waals surface area contributed by atoms with Crippen LogP contribution >= 0.6 is 0 Å². The van der Waals surface area contributed by atoms with Crippen LogP contribution in [0.2, 0.25) is 0 Å². The molecular weight excluding hydrogens is 166 g/mol. The largest absolute Gasteiger partial charge is 0.465 e. The van der Waals surface area contributed by atoms with E-state index in [9.17, 15) is 4.79 Å². The van der Waals surface area contributed by atoms with Gasteiger partial charge in [-0.05, 0) is 30.5 Å². The highest BCUT2D eigenvalue weighted by atomic mass is 16.4. The molecule has 0 saturated heterocycles. The van der Waals surface area contributed by atoms with Crippen molar-refractivity contribution in [3.8, 4) is 0 Å². The van der Waals surface area contributed by atoms with E-state index in [1.165, 1.54) is 16.0 Å². The summed E-state index contributed by atoms with van der Waals surface area (Å²) in [6.07, 6.45) is -0.0155. The van der Waals surface area contributed by atoms with Gasteiger partial charge in [0.1, 0.15) is 0 Å². The third kappa shape index (κ3) is 1.16. The second-order valence-electron chi connectivity index (χ2n) is 3.26. The van der Waals surface area contributed by atoms with E-state index in [2.05, 4.69) is 0 Å². The summed E-state index contributed by atoms with van der Waals surface area (Å²) in [5.74, 6) is 0. The van der Waals surface area contributed by atoms with Crippen LogP contribution < -0.4 is 4.90 Å². The van der Waals surface area contributed by atoms with Crippen molar-refractivity contribution in [3.05, 3.63) is 29.3 Å². The number of nitrogens with zero attached hydrogens (tertiary/aromatic N) is 1. The standard InChI is InChI=1S/C10H11NO2/c1-7-3-2-4-9-8(7)5-6-11(9)10(12)13/h2-4H,5-6H2,1H3,(H,12,13). The Morgan fingerprint density at radius 2 is 2.31 bits per heavy atom. The summed E-state index contributed by atoms with van der Waals surface area (Å²) in [6.45, 7) is 2.61. The average Bonchev–Trinajstić information content (AvgIpc) is 2.48. The third-order valence-corrected chi connectivity index (χ3v) is 2.49. The first-order chi connectivity index (χ1) is 6.20. The lowest BCUT2D eigenvalue weighted by molar-refractivity contribution is 0.202. The predicted octanol–water partition coefficient (Wildman–Crippen LogP) is 2.04. The molecule has 0 aromatic heterocycles. The summed E-state index contributed by atoms with van der Waals surface area (Å²) in [7, 11) is 0. The van der Waals surface area contributed by atoms with E-state index in [-0.39, 0.29) is 0 Å². The van der Waals surface area contributed by atoms with Crippen molar-refractivity contribution in [2.75, 3.05) is 11.4 Å². The number of carbonyl (C=O) groups is 1. The molecule has 3 heteroatoms. The molecule has 1 aromatic rings. The van der Waals surface area contributed by atoms with Crippen LogP contribution in [-0.2, 0) is 6.42 Å². The molecule has 0 bridgehead atoms. The van der Waals surface area contributed by atoms with Crippen LogP contribution in [0.25, 0.3) is 0 Å². The van der Waals surface area contributed by atoms with E-state index in [4.69, 9.17) is 5.11 Å². The average molecular weight is 177 g/mol. The van der Waals surface area contributed by atoms with Crippen LogP contribution in [0.1, 0.15) is 11.1 Å². The summed E-state index contributed by atoms with van der Waals surface area (Å²) >= 11 is 0. The number of hydrogen-bond donors (Lipinski definition) is 1. The summed E-state index contributed by atoms with van der Waals surface area (Å²) < 4.78 is 0. The maximum Gasteiger partial charge on any atom is 0.411 e. The molecule has 0 saturated carbocycles. The fourth-order valence-corrected chi connectivity index (χ4v) is 1.81. The van der Waals surface area contributed by atoms with Crippen LogP contribution in [0.4, 0.5) is 10.5 Å². The molecule has 0 spiro atoms. The van der Waals surface area contributed by atoms with Crippen LogP contribution in [0.3, 0.4) is 0 Å². The summed E-state index contributed by atoms with van der Waals surface area (Å²) in [5, 5.41) is 8.88. The molecule has 0 atom stereocenters. The monoisotopic (exact) mass is 177 g/mol. The summed E-state index contributed by atoms with van der Waals surface area (Å²) in [5.41, 5.74) is 3.21. The van der Waals surface area contributed by atoms with Crippen molar-refractivity contribution in [1.82, 2.24) is 0 Å². The number of aryl methyl sites for hydroxylation is 1. The van der Waals surface area contributed by atoms with Crippen molar-refractivity contribution >= 4 is 11.8 Å². The Morgan fingerprint density at radius 3 is 3.00 bits per heavy atom. The molecule has 3 nitrogen and oxygen atoms in total. The van der Waals surface area contributed by atoms with Crippen LogP contribution in [0.15, 0.2) is 18.2 Å². The molecule has 0 aliphatic carbocycles. The summed E-state index contributed by atoms with van der Waals surface area (Å²) in [4.78, 5) is 12.2. The number of amides is 1. The maximum absolute atomic E-state index is 10.8. The Morgan fingerprint density at radius 1 is 1.54 bits per heavy atom. The molecular formula is C10H11NO2. The highest BCUT2D eigenvalue weighted by molar-refractivity contribution is 5.89. The van der Waals surface area contributed by atoms with Crippen molar-refractivity contribution in [2.24, 2.45) is 0 Å². The molecule has 0 fully saturated rings. The Balaban J connectivity index is 2.49. The Bertz CT molecular complexity index is 360. The number of fused-ring (bicyclic) bond motifs is 1. The number of hydrogen-bond acceptors (Lipinski definition) is 1. The van der Waals surface area contributed by atoms with Gasteiger partial charge in [0, 0.05) is 6.54 Å². The summed E-state index contributed by atoms with van der Waals surface area (Å²) in [6, 6.07) is 5.78. The first-order valence-corrected chi connectivity index (χ1v) is 4.29. The molecule has 68 valence electrons. The molecule has 0 radical (unpaired) electrons. The fraction of sp³-hybridized carbons (Fsp3) is 0.300. The molecule has 1 amide bonds. The lowest BCUT2D eigenvalue weighted by Gasteiger charge is -2.12. The van der Waals surface area contributed by atoms with Crippen LogP contribution in [0.5, 0.6) is 0 Å². The normalized spacial score (nSPS) is 14.4. The molecule has 1 aliphatic heterocycles. The molecule has 1 N–H and O–H groups in total. The molecule has 1 heterocycles. The Kier molecular flexibility index (Phi) is 1.72. The van der Waals surface area contributed by atoms with E-state index in [1.54, 1.807) is 0 Å². The quantitative estimate of drug-likeness (QED) is 0.658. The molecule has 1 aliphatic rings. The minimum absolute atomic E-state index is 0.593. The lowest BCUT2D eigenvalue weighted by atomic mass is 10.1. The van der Waals surface area contributed by atoms with Gasteiger partial charge >= 0.3 is 6.09 Å². The van der Waals surface area contributed by atoms with Crippen molar-refractivity contribution < 1.29 is 9.90 Å². The van der Waals surface area contributed by atoms with E-state index in [0.717, 1.165) is 12.1 Å². The van der Waals surface area contributed by atoms with Gasteiger partial charge in [-0.15, -0.1) is 0 Å². The van der Waals surface area contributed by atoms with E-state index < -0.39 is 6.09 Å². The fourth-order valence-electron chi connectivity index (χ4n) is 1.81. The van der Waals surface area contributed by atoms with Gasteiger partial charge < -0.3 is 5.11 Å². The predicted molar refractivity (Wildman–Crippen MR) is 50.3 cm³/mol. The van der Waals surface area contributed by atoms with Crippen molar-refractivity contribution in [1.29, 1.82) is 0 Å². The Labute approximate surface area is 76.6 Å². The zero-order valence-electron chi connectivity index (χ0n) is 7.45. The molecule has 0 unspecified atom stereocenters. The number of carboxylic acid groups (broad SMARTS) is 1. The van der Waals surface area contributed by atoms with Crippen LogP contribution in [-0.4, -0.2) is 17.7 Å². The van der Waals surface area contributed by atoms with Gasteiger partial charge in [0.25, 0.3) is 0 Å². The topological polar surface area (TPSA) is 40.5 Å². The molecule has 13 heavy (non-hydrogen) atoms. The molecule has 1 aromatic carbocycles. The van der Waals surface area contributed by atoms with Gasteiger partial charge in [-0.25, -0.2) is 4.79 Å². The van der Waals surface area contributed by atoms with E-state index in [0.29, 0.717) is 6.54 Å². The van der Waals surface area contributed by atoms with E-state index >= 15 is 0 Å². The SMILES string of the molecule is Cc1cccc2c1CCN2C(=O)O. The molecule has 2 rings (SSSR count). The number of anilines is 1. The zero-order valence-corrected chi connectivity index (χ0v) is 7.45. The van der Waals surface area contributed by atoms with Gasteiger partial charge in [-0.2, -0.15) is 0 Å². The van der Waals surface area contributed by atoms with Crippen molar-refractivity contribution in [2.45, 2.75) is 13.3 Å². The van der Waals surface area contributed by atoms with Gasteiger partial charge in [0.2, 0.25) is 0 Å². The number of benzene rings is 1. The third-order valence-electron chi connectivity index (χ3n) is 2.49. The smallest absolute Gasteiger partial charge is 0.411 e. The maximum atomic E-state index is 10.8.